The second-order valence-corrected chi connectivity index (χ2v) is 3.94. The Labute approximate surface area is 74.6 Å². The van der Waals surface area contributed by atoms with Crippen LogP contribution < -0.4 is 5.32 Å². The van der Waals surface area contributed by atoms with Crippen LogP contribution in [0.15, 0.2) is 12.2 Å². The first-order valence-corrected chi connectivity index (χ1v) is 4.94. The fraction of sp³-hybridized carbons (Fsp3) is 0.800. The number of hydrogen-bond acceptors (Lipinski definition) is 2. The molecule has 0 aromatic rings. The molecule has 0 saturated carbocycles. The van der Waals surface area contributed by atoms with E-state index in [1.54, 1.807) is 0 Å². The van der Waals surface area contributed by atoms with Gasteiger partial charge in [0, 0.05) is 24.2 Å². The van der Waals surface area contributed by atoms with Gasteiger partial charge in [0.15, 0.2) is 0 Å². The summed E-state index contributed by atoms with van der Waals surface area (Å²) in [6.07, 6.45) is 4.71. The van der Waals surface area contributed by atoms with Crippen molar-refractivity contribution in [1.82, 2.24) is 10.2 Å². The largest absolute Gasteiger partial charge is 0.308 e. The Hall–Kier alpha value is -0.340. The van der Waals surface area contributed by atoms with Gasteiger partial charge < -0.3 is 5.32 Å². The van der Waals surface area contributed by atoms with Crippen LogP contribution in [0.4, 0.5) is 0 Å². The topological polar surface area (TPSA) is 15.3 Å². The van der Waals surface area contributed by atoms with E-state index in [9.17, 15) is 0 Å². The standard InChI is InChI=1S/C10H18N2/c1-4-12-9-5-6-10(12)8(3)11-7(9)2/h5-11H,4H2,1-3H3. The van der Waals surface area contributed by atoms with E-state index in [1.807, 2.05) is 0 Å². The summed E-state index contributed by atoms with van der Waals surface area (Å²) >= 11 is 0. The van der Waals surface area contributed by atoms with Gasteiger partial charge in [-0.15, -0.1) is 0 Å². The van der Waals surface area contributed by atoms with Crippen molar-refractivity contribution in [1.29, 1.82) is 0 Å². The van der Waals surface area contributed by atoms with Crippen LogP contribution in [0.25, 0.3) is 0 Å². The van der Waals surface area contributed by atoms with Crippen molar-refractivity contribution >= 4 is 0 Å². The maximum Gasteiger partial charge on any atom is 0.0436 e. The molecule has 68 valence electrons. The quantitative estimate of drug-likeness (QED) is 0.585. The zero-order chi connectivity index (χ0) is 8.72. The van der Waals surface area contributed by atoms with Crippen molar-refractivity contribution in [3.8, 4) is 0 Å². The van der Waals surface area contributed by atoms with Crippen LogP contribution in [-0.2, 0) is 0 Å². The van der Waals surface area contributed by atoms with Crippen LogP contribution in [0.3, 0.4) is 0 Å². The van der Waals surface area contributed by atoms with Crippen LogP contribution in [-0.4, -0.2) is 35.6 Å². The molecule has 4 unspecified atom stereocenters. The van der Waals surface area contributed by atoms with E-state index in [4.69, 9.17) is 0 Å². The number of likely N-dealkylation sites (N-methyl/N-ethyl adjacent to an activating group) is 1. The predicted octanol–water partition coefficient (Wildman–Crippen LogP) is 0.996. The van der Waals surface area contributed by atoms with E-state index >= 15 is 0 Å². The van der Waals surface area contributed by atoms with Gasteiger partial charge in [0.1, 0.15) is 0 Å². The molecule has 0 aliphatic carbocycles. The first-order valence-electron chi connectivity index (χ1n) is 4.94. The number of nitrogens with zero attached hydrogens (tertiary/aromatic N) is 1. The molecule has 2 bridgehead atoms. The van der Waals surface area contributed by atoms with Gasteiger partial charge in [0.25, 0.3) is 0 Å². The van der Waals surface area contributed by atoms with Gasteiger partial charge >= 0.3 is 0 Å². The number of nitrogens with one attached hydrogen (secondary N) is 1. The molecule has 12 heavy (non-hydrogen) atoms. The Morgan fingerprint density at radius 1 is 1.17 bits per heavy atom. The average molecular weight is 166 g/mol. The predicted molar refractivity (Wildman–Crippen MR) is 51.2 cm³/mol. The highest BCUT2D eigenvalue weighted by Crippen LogP contribution is 2.26. The van der Waals surface area contributed by atoms with E-state index in [1.165, 1.54) is 6.54 Å². The van der Waals surface area contributed by atoms with Crippen LogP contribution in [0.1, 0.15) is 20.8 Å². The zero-order valence-electron chi connectivity index (χ0n) is 8.12. The third-order valence-corrected chi connectivity index (χ3v) is 3.19. The SMILES string of the molecule is CCN1C2C=CC1C(C)NC2C. The minimum atomic E-state index is 0.606. The summed E-state index contributed by atoms with van der Waals surface area (Å²) in [6, 6.07) is 2.48. The molecule has 1 fully saturated rings. The second-order valence-electron chi connectivity index (χ2n) is 3.94. The van der Waals surface area contributed by atoms with Crippen LogP contribution in [0, 0.1) is 0 Å². The summed E-state index contributed by atoms with van der Waals surface area (Å²) in [6.45, 7) is 7.96. The Morgan fingerprint density at radius 3 is 2.08 bits per heavy atom. The summed E-state index contributed by atoms with van der Waals surface area (Å²) in [4.78, 5) is 2.58. The van der Waals surface area contributed by atoms with E-state index in [0.29, 0.717) is 24.2 Å². The molecular weight excluding hydrogens is 148 g/mol. The fourth-order valence-corrected chi connectivity index (χ4v) is 2.59. The lowest BCUT2D eigenvalue weighted by molar-refractivity contribution is 0.112. The molecule has 0 spiro atoms. The van der Waals surface area contributed by atoms with Gasteiger partial charge in [-0.1, -0.05) is 19.1 Å². The third-order valence-electron chi connectivity index (χ3n) is 3.19. The second kappa shape index (κ2) is 2.86. The van der Waals surface area contributed by atoms with E-state index < -0.39 is 0 Å². The fourth-order valence-electron chi connectivity index (χ4n) is 2.59. The van der Waals surface area contributed by atoms with Gasteiger partial charge in [0.05, 0.1) is 0 Å². The number of hydrogen-bond donors (Lipinski definition) is 1. The zero-order valence-corrected chi connectivity index (χ0v) is 8.12. The molecule has 0 radical (unpaired) electrons. The normalized spacial score (nSPS) is 46.9. The van der Waals surface area contributed by atoms with E-state index in [2.05, 4.69) is 43.1 Å². The smallest absolute Gasteiger partial charge is 0.0436 e. The average Bonchev–Trinajstić information content (AvgIpc) is 2.40. The highest BCUT2D eigenvalue weighted by Gasteiger charge is 2.39. The van der Waals surface area contributed by atoms with Crippen molar-refractivity contribution in [2.24, 2.45) is 0 Å². The minimum absolute atomic E-state index is 0.606. The van der Waals surface area contributed by atoms with Gasteiger partial charge in [-0.3, -0.25) is 4.90 Å². The molecule has 1 saturated heterocycles. The van der Waals surface area contributed by atoms with Gasteiger partial charge in [-0.05, 0) is 20.4 Å². The van der Waals surface area contributed by atoms with Gasteiger partial charge in [-0.2, -0.15) is 0 Å². The minimum Gasteiger partial charge on any atom is -0.308 e. The van der Waals surface area contributed by atoms with Crippen molar-refractivity contribution in [2.45, 2.75) is 44.9 Å². The molecular formula is C10H18N2. The molecule has 0 amide bonds. The van der Waals surface area contributed by atoms with Crippen LogP contribution in [0.5, 0.6) is 0 Å². The lowest BCUT2D eigenvalue weighted by Gasteiger charge is -2.42. The molecule has 0 aromatic carbocycles. The molecule has 2 heterocycles. The Bertz CT molecular complexity index is 182. The van der Waals surface area contributed by atoms with Crippen molar-refractivity contribution < 1.29 is 0 Å². The molecule has 2 rings (SSSR count). The van der Waals surface area contributed by atoms with Gasteiger partial charge in [0.2, 0.25) is 0 Å². The first-order chi connectivity index (χ1) is 5.74. The molecule has 4 atom stereocenters. The van der Waals surface area contributed by atoms with Crippen molar-refractivity contribution in [2.75, 3.05) is 6.54 Å². The summed E-state index contributed by atoms with van der Waals surface area (Å²) in [5.41, 5.74) is 0. The number of rotatable bonds is 1. The maximum absolute atomic E-state index is 3.60. The van der Waals surface area contributed by atoms with Crippen molar-refractivity contribution in [3.05, 3.63) is 12.2 Å². The van der Waals surface area contributed by atoms with Gasteiger partial charge in [-0.25, -0.2) is 0 Å². The van der Waals surface area contributed by atoms with Crippen LogP contribution >= 0.6 is 0 Å². The summed E-state index contributed by atoms with van der Waals surface area (Å²) in [5, 5.41) is 3.60. The van der Waals surface area contributed by atoms with E-state index in [-0.39, 0.29) is 0 Å². The highest BCUT2D eigenvalue weighted by molar-refractivity contribution is 5.19. The Kier molecular flexibility index (Phi) is 1.97. The Balaban J connectivity index is 2.21. The van der Waals surface area contributed by atoms with Crippen molar-refractivity contribution in [3.63, 3.8) is 0 Å². The number of fused-ring (bicyclic) bond motifs is 2. The Morgan fingerprint density at radius 2 is 1.67 bits per heavy atom. The molecule has 0 aromatic heterocycles. The molecule has 2 aliphatic heterocycles. The summed E-state index contributed by atoms with van der Waals surface area (Å²) < 4.78 is 0. The molecule has 1 N–H and O–H groups in total. The third kappa shape index (κ3) is 1.02. The van der Waals surface area contributed by atoms with Crippen LogP contribution in [0.2, 0.25) is 0 Å². The lowest BCUT2D eigenvalue weighted by Crippen LogP contribution is -2.61. The molecule has 2 heteroatoms. The monoisotopic (exact) mass is 166 g/mol. The molecule has 2 nitrogen and oxygen atoms in total. The first kappa shape index (κ1) is 8.27. The summed E-state index contributed by atoms with van der Waals surface area (Å²) in [7, 11) is 0. The molecule has 2 aliphatic rings. The maximum atomic E-state index is 3.60. The van der Waals surface area contributed by atoms with E-state index in [0.717, 1.165) is 0 Å². The number of piperazine rings is 1. The lowest BCUT2D eigenvalue weighted by atomic mass is 10.0. The highest BCUT2D eigenvalue weighted by atomic mass is 15.3. The summed E-state index contributed by atoms with van der Waals surface area (Å²) in [5.74, 6) is 0.